The van der Waals surface area contributed by atoms with Gasteiger partial charge in [-0.25, -0.2) is 0 Å². The first-order valence-electron chi connectivity index (χ1n) is 5.75. The minimum atomic E-state index is -3.40. The smallest absolute Gasteiger partial charge is 0.279 e. The summed E-state index contributed by atoms with van der Waals surface area (Å²) >= 11 is 0. The van der Waals surface area contributed by atoms with E-state index in [1.54, 1.807) is 0 Å². The molecule has 1 aliphatic rings. The maximum Gasteiger partial charge on any atom is 0.279 e. The van der Waals surface area contributed by atoms with Crippen LogP contribution in [-0.4, -0.2) is 38.9 Å². The van der Waals surface area contributed by atoms with E-state index in [0.717, 1.165) is 25.7 Å². The van der Waals surface area contributed by atoms with Gasteiger partial charge in [-0.2, -0.15) is 17.4 Å². The predicted octanol–water partition coefficient (Wildman–Crippen LogP) is 0.290. The number of nitrogens with two attached hydrogens (primary N) is 1. The molecule has 0 amide bonds. The normalized spacial score (nSPS) is 31.9. The van der Waals surface area contributed by atoms with Crippen LogP contribution in [0.25, 0.3) is 0 Å². The molecule has 2 atom stereocenters. The van der Waals surface area contributed by atoms with Crippen molar-refractivity contribution in [3.63, 3.8) is 0 Å². The average molecular weight is 249 g/mol. The first kappa shape index (κ1) is 13.9. The molecule has 1 rings (SSSR count). The number of nitrogens with zero attached hydrogens (tertiary/aromatic N) is 1. The zero-order valence-corrected chi connectivity index (χ0v) is 11.2. The van der Waals surface area contributed by atoms with E-state index >= 15 is 0 Å². The third-order valence-electron chi connectivity index (χ3n) is 3.63. The number of hydrogen-bond acceptors (Lipinski definition) is 3. The zero-order chi connectivity index (χ0) is 12.4. The molecule has 16 heavy (non-hydrogen) atoms. The van der Waals surface area contributed by atoms with Gasteiger partial charge in [0, 0.05) is 26.2 Å². The van der Waals surface area contributed by atoms with Crippen LogP contribution in [0, 0.1) is 5.92 Å². The first-order chi connectivity index (χ1) is 7.34. The van der Waals surface area contributed by atoms with Crippen molar-refractivity contribution in [3.8, 4) is 0 Å². The van der Waals surface area contributed by atoms with Crippen molar-refractivity contribution in [3.05, 3.63) is 0 Å². The van der Waals surface area contributed by atoms with Crippen molar-refractivity contribution in [2.45, 2.75) is 38.1 Å². The van der Waals surface area contributed by atoms with Gasteiger partial charge < -0.3 is 5.73 Å². The summed E-state index contributed by atoms with van der Waals surface area (Å²) < 4.78 is 27.7. The molecule has 3 N–H and O–H groups in total. The first-order valence-corrected chi connectivity index (χ1v) is 7.19. The van der Waals surface area contributed by atoms with Crippen molar-refractivity contribution >= 4 is 10.2 Å². The topological polar surface area (TPSA) is 75.4 Å². The van der Waals surface area contributed by atoms with Crippen molar-refractivity contribution < 1.29 is 8.42 Å². The molecule has 1 saturated carbocycles. The molecule has 0 heterocycles. The van der Waals surface area contributed by atoms with Crippen molar-refractivity contribution in [1.29, 1.82) is 0 Å². The molecule has 0 aliphatic heterocycles. The molecule has 0 radical (unpaired) electrons. The molecular weight excluding hydrogens is 226 g/mol. The molecule has 0 aromatic heterocycles. The van der Waals surface area contributed by atoms with E-state index in [4.69, 9.17) is 5.73 Å². The Balaban J connectivity index is 2.89. The molecule has 0 spiro atoms. The van der Waals surface area contributed by atoms with Gasteiger partial charge in [0.1, 0.15) is 0 Å². The fraction of sp³-hybridized carbons (Fsp3) is 1.00. The molecule has 0 saturated heterocycles. The lowest BCUT2D eigenvalue weighted by atomic mass is 9.74. The summed E-state index contributed by atoms with van der Waals surface area (Å²) in [6.45, 7) is 2.44. The maximum absolute atomic E-state index is 11.9. The van der Waals surface area contributed by atoms with Crippen LogP contribution in [0.2, 0.25) is 0 Å². The highest BCUT2D eigenvalue weighted by atomic mass is 32.2. The van der Waals surface area contributed by atoms with Crippen LogP contribution >= 0.6 is 0 Å². The van der Waals surface area contributed by atoms with Gasteiger partial charge in [-0.05, 0) is 18.8 Å². The fourth-order valence-corrected chi connectivity index (χ4v) is 3.34. The van der Waals surface area contributed by atoms with E-state index in [2.05, 4.69) is 11.6 Å². The van der Waals surface area contributed by atoms with Gasteiger partial charge in [0.2, 0.25) is 0 Å². The second-order valence-electron chi connectivity index (χ2n) is 4.90. The van der Waals surface area contributed by atoms with E-state index in [0.29, 0.717) is 12.5 Å². The second-order valence-corrected chi connectivity index (χ2v) is 6.78. The highest BCUT2D eigenvalue weighted by Crippen LogP contribution is 2.33. The largest absolute Gasteiger partial charge is 0.329 e. The highest BCUT2D eigenvalue weighted by Gasteiger charge is 2.40. The van der Waals surface area contributed by atoms with Crippen LogP contribution < -0.4 is 10.5 Å². The Labute approximate surface area is 98.6 Å². The summed E-state index contributed by atoms with van der Waals surface area (Å²) in [5.41, 5.74) is 5.33. The van der Waals surface area contributed by atoms with Crippen molar-refractivity contribution in [1.82, 2.24) is 9.03 Å². The molecule has 2 unspecified atom stereocenters. The Hall–Kier alpha value is -0.170. The van der Waals surface area contributed by atoms with E-state index in [-0.39, 0.29) is 0 Å². The molecule has 0 aromatic rings. The summed E-state index contributed by atoms with van der Waals surface area (Å²) in [5.74, 6) is 0.293. The minimum Gasteiger partial charge on any atom is -0.329 e. The van der Waals surface area contributed by atoms with Crippen LogP contribution in [-0.2, 0) is 10.2 Å². The lowest BCUT2D eigenvalue weighted by molar-refractivity contribution is 0.188. The molecule has 6 heteroatoms. The Morgan fingerprint density at radius 3 is 2.50 bits per heavy atom. The third-order valence-corrected chi connectivity index (χ3v) is 5.26. The Kier molecular flexibility index (Phi) is 4.34. The minimum absolute atomic E-state index is 0.293. The van der Waals surface area contributed by atoms with Gasteiger partial charge in [0.05, 0.1) is 0 Å². The number of nitrogens with one attached hydrogen (secondary N) is 1. The van der Waals surface area contributed by atoms with Crippen LogP contribution in [0.1, 0.15) is 32.6 Å². The Morgan fingerprint density at radius 2 is 2.06 bits per heavy atom. The summed E-state index contributed by atoms with van der Waals surface area (Å²) in [5, 5.41) is 0. The summed E-state index contributed by atoms with van der Waals surface area (Å²) in [7, 11) is -0.342. The number of hydrogen-bond donors (Lipinski definition) is 2. The third kappa shape index (κ3) is 2.74. The van der Waals surface area contributed by atoms with E-state index in [1.165, 1.54) is 18.4 Å². The molecular formula is C10H23N3O2S. The quantitative estimate of drug-likeness (QED) is 0.752. The van der Waals surface area contributed by atoms with Crippen LogP contribution in [0.3, 0.4) is 0 Å². The molecule has 1 aliphatic carbocycles. The van der Waals surface area contributed by atoms with E-state index in [1.807, 2.05) is 0 Å². The standard InChI is InChI=1S/C10H23N3O2S/c1-9-6-4-5-7-10(9,8-11)12-16(14,15)13(2)3/h9,12H,4-8,11H2,1-3H3. The van der Waals surface area contributed by atoms with Gasteiger partial charge in [-0.3, -0.25) is 0 Å². The summed E-state index contributed by atoms with van der Waals surface area (Å²) in [4.78, 5) is 0. The van der Waals surface area contributed by atoms with Gasteiger partial charge in [0.15, 0.2) is 0 Å². The molecule has 0 bridgehead atoms. The van der Waals surface area contributed by atoms with Gasteiger partial charge in [-0.15, -0.1) is 0 Å². The van der Waals surface area contributed by atoms with E-state index in [9.17, 15) is 8.42 Å². The summed E-state index contributed by atoms with van der Waals surface area (Å²) in [6, 6.07) is 0. The van der Waals surface area contributed by atoms with Crippen LogP contribution in [0.4, 0.5) is 0 Å². The van der Waals surface area contributed by atoms with E-state index < -0.39 is 15.7 Å². The molecule has 96 valence electrons. The van der Waals surface area contributed by atoms with Crippen LogP contribution in [0.15, 0.2) is 0 Å². The second kappa shape index (κ2) is 5.00. The number of rotatable bonds is 4. The zero-order valence-electron chi connectivity index (χ0n) is 10.4. The van der Waals surface area contributed by atoms with Crippen molar-refractivity contribution in [2.75, 3.05) is 20.6 Å². The molecule has 5 nitrogen and oxygen atoms in total. The lowest BCUT2D eigenvalue weighted by Crippen LogP contribution is -2.60. The fourth-order valence-electron chi connectivity index (χ4n) is 2.26. The lowest BCUT2D eigenvalue weighted by Gasteiger charge is -2.42. The maximum atomic E-state index is 11.9. The Bertz CT molecular complexity index is 329. The molecule has 0 aromatic carbocycles. The monoisotopic (exact) mass is 249 g/mol. The van der Waals surface area contributed by atoms with Gasteiger partial charge >= 0.3 is 0 Å². The average Bonchev–Trinajstić information content (AvgIpc) is 2.21. The van der Waals surface area contributed by atoms with Gasteiger partial charge in [-0.1, -0.05) is 19.8 Å². The summed E-state index contributed by atoms with van der Waals surface area (Å²) in [6.07, 6.45) is 4.06. The predicted molar refractivity (Wildman–Crippen MR) is 65.2 cm³/mol. The van der Waals surface area contributed by atoms with Crippen molar-refractivity contribution in [2.24, 2.45) is 11.7 Å². The van der Waals surface area contributed by atoms with Gasteiger partial charge in [0.25, 0.3) is 10.2 Å². The van der Waals surface area contributed by atoms with Crippen LogP contribution in [0.5, 0.6) is 0 Å². The molecule has 1 fully saturated rings. The Morgan fingerprint density at radius 1 is 1.44 bits per heavy atom. The SMILES string of the molecule is CC1CCCCC1(CN)NS(=O)(=O)N(C)C. The highest BCUT2D eigenvalue weighted by molar-refractivity contribution is 7.87.